The van der Waals surface area contributed by atoms with Crippen molar-refractivity contribution in [1.82, 2.24) is 0 Å². The minimum Gasteiger partial charge on any atom is -0.494 e. The maximum absolute atomic E-state index is 11.2. The lowest BCUT2D eigenvalue weighted by Crippen LogP contribution is -1.97. The fraction of sp³-hybridized carbons (Fsp3) is 0.536. The molecule has 3 heteroatoms. The largest absolute Gasteiger partial charge is 0.494 e. The van der Waals surface area contributed by atoms with Crippen LogP contribution in [-0.4, -0.2) is 11.8 Å². The van der Waals surface area contributed by atoms with Gasteiger partial charge in [0.25, 0.3) is 5.24 Å². The Hall–Kier alpha value is -1.80. The fourth-order valence-electron chi connectivity index (χ4n) is 3.85. The van der Waals surface area contributed by atoms with E-state index in [0.717, 1.165) is 29.9 Å². The Morgan fingerprint density at radius 1 is 0.645 bits per heavy atom. The van der Waals surface area contributed by atoms with E-state index in [9.17, 15) is 4.79 Å². The number of ether oxygens (including phenoxy) is 1. The van der Waals surface area contributed by atoms with Gasteiger partial charge in [0.1, 0.15) is 5.75 Å². The summed E-state index contributed by atoms with van der Waals surface area (Å²) in [5, 5.41) is -0.427. The first kappa shape index (κ1) is 25.5. The van der Waals surface area contributed by atoms with Gasteiger partial charge in [0.05, 0.1) is 6.61 Å². The zero-order chi connectivity index (χ0) is 22.2. The quantitative estimate of drug-likeness (QED) is 0.180. The standard InChI is InChI=1S/C28H39ClO2/c1-2-3-4-5-6-7-8-9-10-11-12-13-14-23-31-27-21-19-25(20-22-27)24-15-17-26(18-16-24)28(29)30/h15-22H,2-14,23H2,1H3. The summed E-state index contributed by atoms with van der Waals surface area (Å²) in [7, 11) is 0. The van der Waals surface area contributed by atoms with Gasteiger partial charge in [-0.3, -0.25) is 4.79 Å². The van der Waals surface area contributed by atoms with Gasteiger partial charge in [-0.05, 0) is 53.4 Å². The number of carbonyl (C=O) groups excluding carboxylic acids is 1. The van der Waals surface area contributed by atoms with E-state index in [0.29, 0.717) is 5.56 Å². The lowest BCUT2D eigenvalue weighted by Gasteiger charge is -2.08. The molecule has 2 nitrogen and oxygen atoms in total. The summed E-state index contributed by atoms with van der Waals surface area (Å²) in [6.07, 6.45) is 17.7. The average Bonchev–Trinajstić information content (AvgIpc) is 2.80. The molecular weight excluding hydrogens is 404 g/mol. The molecule has 0 saturated heterocycles. The molecular formula is C28H39ClO2. The van der Waals surface area contributed by atoms with Crippen molar-refractivity contribution in [2.24, 2.45) is 0 Å². The molecule has 0 heterocycles. The Morgan fingerprint density at radius 2 is 1.06 bits per heavy atom. The summed E-state index contributed by atoms with van der Waals surface area (Å²) in [5.74, 6) is 0.912. The molecule has 0 aliphatic heterocycles. The van der Waals surface area contributed by atoms with Crippen LogP contribution in [0.2, 0.25) is 0 Å². The maximum atomic E-state index is 11.2. The van der Waals surface area contributed by atoms with E-state index >= 15 is 0 Å². The number of carbonyl (C=O) groups is 1. The lowest BCUT2D eigenvalue weighted by molar-refractivity contribution is 0.108. The van der Waals surface area contributed by atoms with Crippen LogP contribution in [-0.2, 0) is 0 Å². The molecule has 0 radical (unpaired) electrons. The minimum absolute atomic E-state index is 0.427. The second kappa shape index (κ2) is 15.9. The highest BCUT2D eigenvalue weighted by Crippen LogP contribution is 2.23. The molecule has 0 aliphatic rings. The van der Waals surface area contributed by atoms with Crippen LogP contribution in [0.25, 0.3) is 11.1 Å². The molecule has 2 rings (SSSR count). The van der Waals surface area contributed by atoms with E-state index in [1.54, 1.807) is 12.1 Å². The lowest BCUT2D eigenvalue weighted by atomic mass is 10.0. The van der Waals surface area contributed by atoms with E-state index in [1.165, 1.54) is 77.0 Å². The van der Waals surface area contributed by atoms with Gasteiger partial charge in [-0.25, -0.2) is 0 Å². The van der Waals surface area contributed by atoms with Crippen molar-refractivity contribution in [2.75, 3.05) is 6.61 Å². The van der Waals surface area contributed by atoms with Gasteiger partial charge in [0.15, 0.2) is 0 Å². The van der Waals surface area contributed by atoms with E-state index in [2.05, 4.69) is 19.1 Å². The Kier molecular flexibility index (Phi) is 13.1. The highest BCUT2D eigenvalue weighted by molar-refractivity contribution is 6.67. The molecule has 0 bridgehead atoms. The van der Waals surface area contributed by atoms with Crippen LogP contribution in [0, 0.1) is 0 Å². The SMILES string of the molecule is CCCCCCCCCCCCCCCOc1ccc(-c2ccc(C(=O)Cl)cc2)cc1. The van der Waals surface area contributed by atoms with Crippen molar-refractivity contribution in [2.45, 2.75) is 90.4 Å². The molecule has 31 heavy (non-hydrogen) atoms. The molecule has 2 aromatic carbocycles. The Morgan fingerprint density at radius 3 is 1.52 bits per heavy atom. The summed E-state index contributed by atoms with van der Waals surface area (Å²) >= 11 is 5.50. The first-order valence-corrected chi connectivity index (χ1v) is 12.6. The monoisotopic (exact) mass is 442 g/mol. The molecule has 0 aliphatic carbocycles. The van der Waals surface area contributed by atoms with Crippen LogP contribution in [0.5, 0.6) is 5.75 Å². The molecule has 0 amide bonds. The Bertz CT molecular complexity index is 722. The van der Waals surface area contributed by atoms with E-state index in [-0.39, 0.29) is 0 Å². The van der Waals surface area contributed by atoms with Gasteiger partial charge in [0, 0.05) is 5.56 Å². The molecule has 0 aromatic heterocycles. The smallest absolute Gasteiger partial charge is 0.252 e. The molecule has 0 spiro atoms. The number of halogens is 1. The summed E-state index contributed by atoms with van der Waals surface area (Å²) in [5.41, 5.74) is 2.68. The zero-order valence-electron chi connectivity index (χ0n) is 19.2. The van der Waals surface area contributed by atoms with Gasteiger partial charge >= 0.3 is 0 Å². The van der Waals surface area contributed by atoms with Gasteiger partial charge in [-0.15, -0.1) is 0 Å². The number of hydrogen-bond acceptors (Lipinski definition) is 2. The number of rotatable bonds is 17. The minimum atomic E-state index is -0.427. The van der Waals surface area contributed by atoms with E-state index < -0.39 is 5.24 Å². The molecule has 0 unspecified atom stereocenters. The fourth-order valence-corrected chi connectivity index (χ4v) is 3.97. The molecule has 170 valence electrons. The van der Waals surface area contributed by atoms with Crippen LogP contribution in [0.4, 0.5) is 0 Å². The first-order valence-electron chi connectivity index (χ1n) is 12.2. The predicted molar refractivity (Wildman–Crippen MR) is 133 cm³/mol. The van der Waals surface area contributed by atoms with Crippen molar-refractivity contribution < 1.29 is 9.53 Å². The van der Waals surface area contributed by atoms with Crippen LogP contribution < -0.4 is 4.74 Å². The van der Waals surface area contributed by atoms with Crippen molar-refractivity contribution >= 4 is 16.8 Å². The summed E-state index contributed by atoms with van der Waals surface area (Å²) < 4.78 is 5.89. The van der Waals surface area contributed by atoms with Crippen LogP contribution in [0.3, 0.4) is 0 Å². The van der Waals surface area contributed by atoms with Gasteiger partial charge < -0.3 is 4.74 Å². The number of unbranched alkanes of at least 4 members (excludes halogenated alkanes) is 12. The van der Waals surface area contributed by atoms with E-state index in [1.807, 2.05) is 24.3 Å². The molecule has 0 saturated carbocycles. The molecule has 0 N–H and O–H groups in total. The second-order valence-electron chi connectivity index (χ2n) is 8.47. The third-order valence-corrected chi connectivity index (χ3v) is 6.03. The molecule has 0 atom stereocenters. The van der Waals surface area contributed by atoms with Crippen molar-refractivity contribution in [3.63, 3.8) is 0 Å². The van der Waals surface area contributed by atoms with Gasteiger partial charge in [-0.2, -0.15) is 0 Å². The second-order valence-corrected chi connectivity index (χ2v) is 8.81. The molecule has 0 fully saturated rings. The zero-order valence-corrected chi connectivity index (χ0v) is 20.0. The summed E-state index contributed by atoms with van der Waals surface area (Å²) in [4.78, 5) is 11.2. The van der Waals surface area contributed by atoms with E-state index in [4.69, 9.17) is 16.3 Å². The van der Waals surface area contributed by atoms with Gasteiger partial charge in [-0.1, -0.05) is 108 Å². The number of benzene rings is 2. The van der Waals surface area contributed by atoms with Crippen molar-refractivity contribution in [1.29, 1.82) is 0 Å². The summed E-state index contributed by atoms with van der Waals surface area (Å²) in [6.45, 7) is 3.06. The Balaban J connectivity index is 1.49. The third kappa shape index (κ3) is 10.9. The third-order valence-electron chi connectivity index (χ3n) is 5.82. The van der Waals surface area contributed by atoms with Crippen molar-refractivity contribution in [3.05, 3.63) is 54.1 Å². The normalized spacial score (nSPS) is 10.9. The summed E-state index contributed by atoms with van der Waals surface area (Å²) in [6, 6.07) is 15.5. The van der Waals surface area contributed by atoms with Crippen LogP contribution in [0.15, 0.2) is 48.5 Å². The van der Waals surface area contributed by atoms with Crippen molar-refractivity contribution in [3.8, 4) is 16.9 Å². The van der Waals surface area contributed by atoms with Crippen LogP contribution in [0.1, 0.15) is 101 Å². The van der Waals surface area contributed by atoms with Gasteiger partial charge in [0.2, 0.25) is 0 Å². The molecule has 2 aromatic rings. The van der Waals surface area contributed by atoms with Crippen LogP contribution >= 0.6 is 11.6 Å². The maximum Gasteiger partial charge on any atom is 0.252 e. The first-order chi connectivity index (χ1) is 15.2. The Labute approximate surface area is 194 Å². The topological polar surface area (TPSA) is 26.3 Å². The predicted octanol–water partition coefficient (Wildman–Crippen LogP) is 9.20. The number of hydrogen-bond donors (Lipinski definition) is 0. The highest BCUT2D eigenvalue weighted by Gasteiger charge is 2.03. The average molecular weight is 443 g/mol. The highest BCUT2D eigenvalue weighted by atomic mass is 35.5.